The van der Waals surface area contributed by atoms with E-state index < -0.39 is 0 Å². The molecule has 0 radical (unpaired) electrons. The highest BCUT2D eigenvalue weighted by Gasteiger charge is 2.15. The van der Waals surface area contributed by atoms with Crippen molar-refractivity contribution in [3.8, 4) is 10.6 Å². The van der Waals surface area contributed by atoms with Gasteiger partial charge in [-0.25, -0.2) is 4.98 Å². The Morgan fingerprint density at radius 2 is 1.96 bits per heavy atom. The van der Waals surface area contributed by atoms with Crippen LogP contribution in [0.1, 0.15) is 10.4 Å². The Balaban J connectivity index is 1.82. The zero-order valence-corrected chi connectivity index (χ0v) is 14.5. The molecule has 1 N–H and O–H groups in total. The number of benzene rings is 1. The first-order valence-electron chi connectivity index (χ1n) is 7.57. The highest BCUT2D eigenvalue weighted by Crippen LogP contribution is 2.32. The first kappa shape index (κ1) is 15.7. The van der Waals surface area contributed by atoms with Crippen molar-refractivity contribution in [2.45, 2.75) is 0 Å². The molecule has 0 aliphatic rings. The number of pyridine rings is 2. The maximum atomic E-state index is 12.8. The smallest absolute Gasteiger partial charge is 0.256 e. The number of amides is 1. The van der Waals surface area contributed by atoms with Crippen LogP contribution in [-0.2, 0) is 0 Å². The van der Waals surface area contributed by atoms with Crippen molar-refractivity contribution in [3.05, 3.63) is 76.9 Å². The van der Waals surface area contributed by atoms with Crippen molar-refractivity contribution in [3.63, 3.8) is 0 Å². The Kier molecular flexibility index (Phi) is 4.17. The molecular formula is C19H12ClN3OS. The van der Waals surface area contributed by atoms with E-state index in [1.54, 1.807) is 30.6 Å². The number of nitrogens with zero attached hydrogens (tertiary/aromatic N) is 2. The molecule has 0 fully saturated rings. The molecule has 0 atom stereocenters. The number of fused-ring (bicyclic) bond motifs is 1. The number of carbonyl (C=O) groups is 1. The lowest BCUT2D eigenvalue weighted by Gasteiger charge is -2.09. The fourth-order valence-corrected chi connectivity index (χ4v) is 3.58. The summed E-state index contributed by atoms with van der Waals surface area (Å²) in [6.07, 6.45) is 3.28. The second-order valence-electron chi connectivity index (χ2n) is 5.37. The van der Waals surface area contributed by atoms with E-state index in [1.165, 1.54) is 11.3 Å². The van der Waals surface area contributed by atoms with Crippen molar-refractivity contribution in [1.82, 2.24) is 9.97 Å². The van der Waals surface area contributed by atoms with Crippen molar-refractivity contribution in [1.29, 1.82) is 0 Å². The molecule has 4 rings (SSSR count). The Morgan fingerprint density at radius 1 is 1.08 bits per heavy atom. The van der Waals surface area contributed by atoms with Crippen LogP contribution in [0, 0.1) is 0 Å². The molecule has 0 aliphatic heterocycles. The zero-order chi connectivity index (χ0) is 17.2. The van der Waals surface area contributed by atoms with Crippen LogP contribution >= 0.6 is 22.9 Å². The van der Waals surface area contributed by atoms with Crippen molar-refractivity contribution in [2.24, 2.45) is 0 Å². The number of nitrogens with one attached hydrogen (secondary N) is 1. The Morgan fingerprint density at radius 3 is 2.72 bits per heavy atom. The van der Waals surface area contributed by atoms with Gasteiger partial charge < -0.3 is 5.32 Å². The number of rotatable bonds is 3. The predicted octanol–water partition coefficient (Wildman–Crippen LogP) is 5.26. The predicted molar refractivity (Wildman–Crippen MR) is 102 cm³/mol. The van der Waals surface area contributed by atoms with E-state index in [9.17, 15) is 4.79 Å². The van der Waals surface area contributed by atoms with Crippen LogP contribution in [-0.4, -0.2) is 15.9 Å². The van der Waals surface area contributed by atoms with Gasteiger partial charge in [-0.3, -0.25) is 9.78 Å². The number of aromatic nitrogens is 2. The molecule has 3 aromatic heterocycles. The number of hydrogen-bond acceptors (Lipinski definition) is 4. The van der Waals surface area contributed by atoms with Crippen LogP contribution in [0.2, 0.25) is 4.34 Å². The van der Waals surface area contributed by atoms with Crippen LogP contribution < -0.4 is 5.32 Å². The molecule has 0 bridgehead atoms. The number of thiophene rings is 1. The summed E-state index contributed by atoms with van der Waals surface area (Å²) >= 11 is 7.48. The van der Waals surface area contributed by atoms with Gasteiger partial charge in [0.05, 0.1) is 37.9 Å². The van der Waals surface area contributed by atoms with Crippen LogP contribution in [0.15, 0.2) is 67.0 Å². The number of para-hydroxylation sites is 1. The van der Waals surface area contributed by atoms with Crippen LogP contribution in [0.4, 0.5) is 5.69 Å². The summed E-state index contributed by atoms with van der Waals surface area (Å²) in [5.41, 5.74) is 2.70. The second kappa shape index (κ2) is 6.63. The standard InChI is InChI=1S/C19H12ClN3OS/c20-18-8-7-17(25-18)16-10-14(13-5-1-2-6-15(13)23-16)19(24)22-12-4-3-9-21-11-12/h1-11H,(H,22,24). The van der Waals surface area contributed by atoms with Crippen molar-refractivity contribution >= 4 is 45.4 Å². The van der Waals surface area contributed by atoms with Gasteiger partial charge in [-0.1, -0.05) is 29.8 Å². The summed E-state index contributed by atoms with van der Waals surface area (Å²) in [6.45, 7) is 0. The topological polar surface area (TPSA) is 54.9 Å². The molecule has 4 aromatic rings. The van der Waals surface area contributed by atoms with Crippen molar-refractivity contribution in [2.75, 3.05) is 5.32 Å². The van der Waals surface area contributed by atoms with Gasteiger partial charge in [0, 0.05) is 11.6 Å². The van der Waals surface area contributed by atoms with Gasteiger partial charge in [0.2, 0.25) is 0 Å². The maximum absolute atomic E-state index is 12.8. The summed E-state index contributed by atoms with van der Waals surface area (Å²) in [7, 11) is 0. The minimum Gasteiger partial charge on any atom is -0.321 e. The summed E-state index contributed by atoms with van der Waals surface area (Å²) in [5.74, 6) is -0.199. The van der Waals surface area contributed by atoms with Gasteiger partial charge in [0.1, 0.15) is 0 Å². The average Bonchev–Trinajstić information content (AvgIpc) is 3.08. The summed E-state index contributed by atoms with van der Waals surface area (Å²) in [5, 5.41) is 3.68. The lowest BCUT2D eigenvalue weighted by molar-refractivity contribution is 0.102. The molecule has 1 amide bonds. The highest BCUT2D eigenvalue weighted by molar-refractivity contribution is 7.19. The number of halogens is 1. The van der Waals surface area contributed by atoms with Gasteiger partial charge in [-0.2, -0.15) is 0 Å². The van der Waals surface area contributed by atoms with E-state index >= 15 is 0 Å². The van der Waals surface area contributed by atoms with Crippen LogP contribution in [0.5, 0.6) is 0 Å². The van der Waals surface area contributed by atoms with E-state index in [2.05, 4.69) is 15.3 Å². The fraction of sp³-hybridized carbons (Fsp3) is 0. The summed E-state index contributed by atoms with van der Waals surface area (Å²) in [6, 6.07) is 16.7. The Bertz CT molecular complexity index is 1060. The van der Waals surface area contributed by atoms with Crippen molar-refractivity contribution < 1.29 is 4.79 Å². The molecule has 25 heavy (non-hydrogen) atoms. The van der Waals surface area contributed by atoms with E-state index in [1.807, 2.05) is 36.4 Å². The second-order valence-corrected chi connectivity index (χ2v) is 7.09. The largest absolute Gasteiger partial charge is 0.321 e. The first-order chi connectivity index (χ1) is 12.2. The minimum absolute atomic E-state index is 0.199. The third-order valence-electron chi connectivity index (χ3n) is 3.71. The fourth-order valence-electron chi connectivity index (χ4n) is 2.58. The van der Waals surface area contributed by atoms with Gasteiger partial charge in [-0.15, -0.1) is 11.3 Å². The Labute approximate surface area is 153 Å². The van der Waals surface area contributed by atoms with E-state index in [0.29, 0.717) is 15.6 Å². The molecule has 1 aromatic carbocycles. The Hall–Kier alpha value is -2.76. The average molecular weight is 366 g/mol. The molecule has 0 saturated carbocycles. The van der Waals surface area contributed by atoms with E-state index in [-0.39, 0.29) is 5.91 Å². The summed E-state index contributed by atoms with van der Waals surface area (Å²) in [4.78, 5) is 22.4. The first-order valence-corrected chi connectivity index (χ1v) is 8.77. The maximum Gasteiger partial charge on any atom is 0.256 e. The number of hydrogen-bond donors (Lipinski definition) is 1. The molecule has 0 spiro atoms. The molecule has 0 saturated heterocycles. The molecule has 0 unspecified atom stereocenters. The highest BCUT2D eigenvalue weighted by atomic mass is 35.5. The number of anilines is 1. The van der Waals surface area contributed by atoms with E-state index in [4.69, 9.17) is 11.6 Å². The molecule has 0 aliphatic carbocycles. The van der Waals surface area contributed by atoms with Gasteiger partial charge in [0.25, 0.3) is 5.91 Å². The lowest BCUT2D eigenvalue weighted by Crippen LogP contribution is -2.13. The molecule has 122 valence electrons. The minimum atomic E-state index is -0.199. The lowest BCUT2D eigenvalue weighted by atomic mass is 10.1. The van der Waals surface area contributed by atoms with Gasteiger partial charge >= 0.3 is 0 Å². The molecule has 4 nitrogen and oxygen atoms in total. The number of carbonyl (C=O) groups excluding carboxylic acids is 1. The monoisotopic (exact) mass is 365 g/mol. The summed E-state index contributed by atoms with van der Waals surface area (Å²) < 4.78 is 0.686. The third kappa shape index (κ3) is 3.24. The zero-order valence-electron chi connectivity index (χ0n) is 12.9. The van der Waals surface area contributed by atoms with Crippen LogP contribution in [0.3, 0.4) is 0 Å². The third-order valence-corrected chi connectivity index (χ3v) is 4.96. The van der Waals surface area contributed by atoms with Crippen LogP contribution in [0.25, 0.3) is 21.5 Å². The molecular weight excluding hydrogens is 354 g/mol. The normalized spacial score (nSPS) is 10.8. The van der Waals surface area contributed by atoms with Gasteiger partial charge in [0.15, 0.2) is 0 Å². The molecule has 3 heterocycles. The quantitative estimate of drug-likeness (QED) is 0.538. The van der Waals surface area contributed by atoms with E-state index in [0.717, 1.165) is 21.5 Å². The molecule has 6 heteroatoms. The SMILES string of the molecule is O=C(Nc1cccnc1)c1cc(-c2ccc(Cl)s2)nc2ccccc12. The van der Waals surface area contributed by atoms with Gasteiger partial charge in [-0.05, 0) is 36.4 Å².